The Balaban J connectivity index is 1.21. The van der Waals surface area contributed by atoms with E-state index in [1.165, 1.54) is 19.3 Å². The number of rotatable bonds is 4. The molecular weight excluding hydrogens is 360 g/mol. The molecule has 4 bridgehead atoms. The molecule has 0 saturated heterocycles. The molecule has 4 aliphatic rings. The van der Waals surface area contributed by atoms with Gasteiger partial charge in [-0.05, 0) is 74.0 Å². The number of carbonyl (C=O) groups excluding carboxylic acids is 1. The molecule has 4 saturated carbocycles. The Morgan fingerprint density at radius 2 is 1.85 bits per heavy atom. The van der Waals surface area contributed by atoms with Crippen LogP contribution in [0.2, 0.25) is 5.02 Å². The van der Waals surface area contributed by atoms with Crippen LogP contribution in [0.15, 0.2) is 36.5 Å². The largest absolute Gasteiger partial charge is 0.332 e. The fourth-order valence-corrected chi connectivity index (χ4v) is 6.20. The van der Waals surface area contributed by atoms with E-state index in [0.29, 0.717) is 17.4 Å². The first-order chi connectivity index (χ1) is 13.1. The van der Waals surface area contributed by atoms with Gasteiger partial charge in [-0.3, -0.25) is 10.00 Å². The van der Waals surface area contributed by atoms with Gasteiger partial charge in [0, 0.05) is 22.8 Å². The Hall–Kier alpha value is -2.01. The number of carbonyl (C=O) groups is 1. The molecule has 6 heteroatoms. The maximum atomic E-state index is 12.6. The van der Waals surface area contributed by atoms with Crippen LogP contribution in [0, 0.1) is 17.8 Å². The highest BCUT2D eigenvalue weighted by Gasteiger charge is 2.51. The second-order valence-corrected chi connectivity index (χ2v) is 9.24. The van der Waals surface area contributed by atoms with Crippen molar-refractivity contribution < 1.29 is 4.79 Å². The quantitative estimate of drug-likeness (QED) is 0.804. The first kappa shape index (κ1) is 17.1. The number of benzene rings is 1. The molecule has 4 fully saturated rings. The van der Waals surface area contributed by atoms with Gasteiger partial charge < -0.3 is 5.32 Å². The van der Waals surface area contributed by atoms with Crippen molar-refractivity contribution in [2.24, 2.45) is 17.8 Å². The summed E-state index contributed by atoms with van der Waals surface area (Å²) >= 11 is 6.04. The van der Waals surface area contributed by atoms with Crippen molar-refractivity contribution in [3.05, 3.63) is 47.1 Å². The fraction of sp³-hybridized carbons (Fsp3) is 0.524. The molecule has 0 spiro atoms. The summed E-state index contributed by atoms with van der Waals surface area (Å²) in [6.45, 7) is 0.624. The lowest BCUT2D eigenvalue weighted by Crippen LogP contribution is -2.60. The van der Waals surface area contributed by atoms with Crippen LogP contribution in [-0.4, -0.2) is 21.4 Å². The van der Waals surface area contributed by atoms with Gasteiger partial charge in [-0.25, -0.2) is 4.79 Å². The number of amides is 2. The van der Waals surface area contributed by atoms with Crippen LogP contribution in [0.1, 0.15) is 44.1 Å². The molecule has 0 aliphatic heterocycles. The summed E-state index contributed by atoms with van der Waals surface area (Å²) < 4.78 is 1.81. The normalized spacial score (nSPS) is 31.1. The third-order valence-corrected chi connectivity index (χ3v) is 6.77. The zero-order valence-corrected chi connectivity index (χ0v) is 16.1. The minimum absolute atomic E-state index is 0.0161. The summed E-state index contributed by atoms with van der Waals surface area (Å²) in [7, 11) is 0. The van der Waals surface area contributed by atoms with Gasteiger partial charge in [0.05, 0.1) is 6.54 Å². The molecule has 4 aliphatic carbocycles. The number of nitrogens with one attached hydrogen (secondary N) is 2. The van der Waals surface area contributed by atoms with E-state index in [1.807, 2.05) is 41.2 Å². The van der Waals surface area contributed by atoms with E-state index in [9.17, 15) is 4.79 Å². The molecule has 1 aromatic carbocycles. The summed E-state index contributed by atoms with van der Waals surface area (Å²) in [5.41, 5.74) is 1.09. The second kappa shape index (κ2) is 6.55. The molecule has 2 N–H and O–H groups in total. The number of nitrogens with zero attached hydrogens (tertiary/aromatic N) is 2. The third-order valence-electron chi connectivity index (χ3n) is 6.53. The molecule has 142 valence electrons. The van der Waals surface area contributed by atoms with Gasteiger partial charge in [0.2, 0.25) is 0 Å². The van der Waals surface area contributed by atoms with Gasteiger partial charge in [-0.2, -0.15) is 5.10 Å². The Kier molecular flexibility index (Phi) is 4.15. The van der Waals surface area contributed by atoms with Crippen LogP contribution in [0.5, 0.6) is 0 Å². The van der Waals surface area contributed by atoms with Gasteiger partial charge in [0.25, 0.3) is 0 Å². The summed E-state index contributed by atoms with van der Waals surface area (Å²) in [5.74, 6) is 3.02. The topological polar surface area (TPSA) is 59.0 Å². The summed E-state index contributed by atoms with van der Waals surface area (Å²) in [4.78, 5) is 12.6. The van der Waals surface area contributed by atoms with Crippen molar-refractivity contribution in [2.45, 2.75) is 50.6 Å². The van der Waals surface area contributed by atoms with E-state index in [1.54, 1.807) is 0 Å². The van der Waals surface area contributed by atoms with Crippen LogP contribution < -0.4 is 10.6 Å². The fourth-order valence-electron chi connectivity index (χ4n) is 5.99. The second-order valence-electron chi connectivity index (χ2n) is 8.81. The molecule has 27 heavy (non-hydrogen) atoms. The van der Waals surface area contributed by atoms with Gasteiger partial charge in [-0.1, -0.05) is 23.7 Å². The van der Waals surface area contributed by atoms with Crippen LogP contribution in [0.4, 0.5) is 10.6 Å². The number of hydrogen-bond donors (Lipinski definition) is 2. The van der Waals surface area contributed by atoms with E-state index in [0.717, 1.165) is 42.6 Å². The first-order valence-electron chi connectivity index (χ1n) is 9.92. The Morgan fingerprint density at radius 3 is 2.52 bits per heavy atom. The van der Waals surface area contributed by atoms with Crippen LogP contribution in [0.25, 0.3) is 0 Å². The molecule has 1 heterocycles. The number of hydrogen-bond acceptors (Lipinski definition) is 2. The highest BCUT2D eigenvalue weighted by molar-refractivity contribution is 6.30. The van der Waals surface area contributed by atoms with Crippen LogP contribution in [0.3, 0.4) is 0 Å². The molecule has 0 atom stereocenters. The molecule has 2 aromatic rings. The van der Waals surface area contributed by atoms with Crippen molar-refractivity contribution in [3.63, 3.8) is 0 Å². The molecule has 2 amide bonds. The van der Waals surface area contributed by atoms with Crippen molar-refractivity contribution in [2.75, 3.05) is 5.32 Å². The standard InChI is InChI=1S/C21H25ClN4O/c22-18-3-1-2-14(9-18)13-26-5-4-19(25-26)23-20(27)24-21-10-15-6-16(11-21)8-17(7-15)12-21/h1-5,9,15-17H,6-8,10-13H2,(H2,23,24,25,27). The number of urea groups is 1. The lowest BCUT2D eigenvalue weighted by atomic mass is 9.53. The maximum absolute atomic E-state index is 12.6. The van der Waals surface area contributed by atoms with Crippen molar-refractivity contribution in [3.8, 4) is 0 Å². The SMILES string of the molecule is O=C(Nc1ccn(Cc2cccc(Cl)c2)n1)NC12CC3CC(CC(C3)C1)C2. The zero-order chi connectivity index (χ0) is 18.4. The lowest BCUT2D eigenvalue weighted by Gasteiger charge is -2.56. The van der Waals surface area contributed by atoms with Crippen molar-refractivity contribution in [1.29, 1.82) is 0 Å². The Bertz CT molecular complexity index is 826. The third kappa shape index (κ3) is 3.57. The molecular formula is C21H25ClN4O. The van der Waals surface area contributed by atoms with E-state index in [2.05, 4.69) is 15.7 Å². The number of halogens is 1. The van der Waals surface area contributed by atoms with Crippen LogP contribution >= 0.6 is 11.6 Å². The predicted molar refractivity (Wildman–Crippen MR) is 106 cm³/mol. The summed E-state index contributed by atoms with van der Waals surface area (Å²) in [6, 6.07) is 9.44. The molecule has 1 aromatic heterocycles. The Labute approximate surface area is 164 Å². The van der Waals surface area contributed by atoms with Crippen molar-refractivity contribution >= 4 is 23.4 Å². The molecule has 6 rings (SSSR count). The summed E-state index contributed by atoms with van der Waals surface area (Å²) in [5, 5.41) is 11.4. The highest BCUT2D eigenvalue weighted by atomic mass is 35.5. The smallest absolute Gasteiger partial charge is 0.320 e. The molecule has 5 nitrogen and oxygen atoms in total. The highest BCUT2D eigenvalue weighted by Crippen LogP contribution is 2.55. The van der Waals surface area contributed by atoms with Crippen LogP contribution in [-0.2, 0) is 6.54 Å². The number of aromatic nitrogens is 2. The average molecular weight is 385 g/mol. The van der Waals surface area contributed by atoms with Gasteiger partial charge >= 0.3 is 6.03 Å². The predicted octanol–water partition coefficient (Wildman–Crippen LogP) is 4.68. The first-order valence-corrected chi connectivity index (χ1v) is 10.3. The number of anilines is 1. The minimum atomic E-state index is -0.120. The van der Waals surface area contributed by atoms with Gasteiger partial charge in [0.1, 0.15) is 0 Å². The van der Waals surface area contributed by atoms with E-state index < -0.39 is 0 Å². The average Bonchev–Trinajstić information content (AvgIpc) is 2.99. The van der Waals surface area contributed by atoms with E-state index in [4.69, 9.17) is 11.6 Å². The van der Waals surface area contributed by atoms with Gasteiger partial charge in [0.15, 0.2) is 5.82 Å². The van der Waals surface area contributed by atoms with Gasteiger partial charge in [-0.15, -0.1) is 0 Å². The Morgan fingerprint density at radius 1 is 1.15 bits per heavy atom. The lowest BCUT2D eigenvalue weighted by molar-refractivity contribution is -0.0127. The monoisotopic (exact) mass is 384 g/mol. The maximum Gasteiger partial charge on any atom is 0.320 e. The minimum Gasteiger partial charge on any atom is -0.332 e. The summed E-state index contributed by atoms with van der Waals surface area (Å²) in [6.07, 6.45) is 9.44. The molecule has 0 unspecified atom stereocenters. The zero-order valence-electron chi connectivity index (χ0n) is 15.3. The van der Waals surface area contributed by atoms with Crippen molar-refractivity contribution in [1.82, 2.24) is 15.1 Å². The van der Waals surface area contributed by atoms with E-state index >= 15 is 0 Å². The van der Waals surface area contributed by atoms with E-state index in [-0.39, 0.29) is 11.6 Å². The molecule has 0 radical (unpaired) electrons.